The number of carbonyl (C=O) groups is 2. The number of aromatic amines is 1. The first-order chi connectivity index (χ1) is 9.25. The van der Waals surface area contributed by atoms with Gasteiger partial charge in [-0.25, -0.2) is 0 Å². The van der Waals surface area contributed by atoms with Crippen molar-refractivity contribution >= 4 is 11.8 Å². The van der Waals surface area contributed by atoms with Crippen LogP contribution in [-0.4, -0.2) is 46.2 Å². The molecule has 2 amide bonds. The Labute approximate surface area is 112 Å². The van der Waals surface area contributed by atoms with Crippen molar-refractivity contribution < 1.29 is 9.59 Å². The van der Waals surface area contributed by atoms with Gasteiger partial charge in [-0.3, -0.25) is 19.4 Å². The highest BCUT2D eigenvalue weighted by atomic mass is 16.2. The Kier molecular flexibility index (Phi) is 3.38. The molecule has 0 aromatic carbocycles. The summed E-state index contributed by atoms with van der Waals surface area (Å²) in [5, 5.41) is 0. The lowest BCUT2D eigenvalue weighted by molar-refractivity contribution is -0.138. The van der Waals surface area contributed by atoms with Gasteiger partial charge in [0.05, 0.1) is 0 Å². The molecule has 0 radical (unpaired) electrons. The molecule has 19 heavy (non-hydrogen) atoms. The van der Waals surface area contributed by atoms with E-state index in [1.807, 2.05) is 12.3 Å². The molecule has 0 aliphatic carbocycles. The number of likely N-dealkylation sites (tertiary alicyclic amines) is 2. The minimum absolute atomic E-state index is 0.0133. The summed E-state index contributed by atoms with van der Waals surface area (Å²) in [4.78, 5) is 30.2. The van der Waals surface area contributed by atoms with Crippen molar-refractivity contribution in [2.24, 2.45) is 0 Å². The topological polar surface area (TPSA) is 56.4 Å². The number of hydrogen-bond donors (Lipinski definition) is 1. The minimum Gasteiger partial charge on any atom is -0.364 e. The van der Waals surface area contributed by atoms with E-state index in [-0.39, 0.29) is 11.8 Å². The van der Waals surface area contributed by atoms with E-state index >= 15 is 0 Å². The Hall–Kier alpha value is -1.62. The van der Waals surface area contributed by atoms with Gasteiger partial charge in [-0.1, -0.05) is 0 Å². The SMILES string of the molecule is O=C1CCC(=O)N1CCN1CCCC1c1ccc[nH]1. The molecule has 3 rings (SSSR count). The molecule has 3 heterocycles. The lowest BCUT2D eigenvalue weighted by atomic mass is 10.1. The van der Waals surface area contributed by atoms with Crippen LogP contribution in [0.2, 0.25) is 0 Å². The van der Waals surface area contributed by atoms with E-state index in [4.69, 9.17) is 0 Å². The van der Waals surface area contributed by atoms with Gasteiger partial charge >= 0.3 is 0 Å². The summed E-state index contributed by atoms with van der Waals surface area (Å²) in [6.45, 7) is 2.36. The normalized spacial score (nSPS) is 24.6. The molecular weight excluding hydrogens is 242 g/mol. The van der Waals surface area contributed by atoms with Crippen molar-refractivity contribution in [3.63, 3.8) is 0 Å². The molecule has 1 unspecified atom stereocenters. The third-order valence-corrected chi connectivity index (χ3v) is 4.11. The van der Waals surface area contributed by atoms with E-state index in [9.17, 15) is 9.59 Å². The number of imide groups is 1. The number of nitrogens with one attached hydrogen (secondary N) is 1. The van der Waals surface area contributed by atoms with E-state index in [0.717, 1.165) is 19.5 Å². The van der Waals surface area contributed by atoms with Gasteiger partial charge in [0.1, 0.15) is 0 Å². The predicted molar refractivity (Wildman–Crippen MR) is 70.3 cm³/mol. The van der Waals surface area contributed by atoms with E-state index in [0.29, 0.717) is 25.4 Å². The molecule has 1 atom stereocenters. The van der Waals surface area contributed by atoms with Crippen LogP contribution in [0.5, 0.6) is 0 Å². The van der Waals surface area contributed by atoms with Crippen molar-refractivity contribution in [1.82, 2.24) is 14.8 Å². The second-order valence-corrected chi connectivity index (χ2v) is 5.26. The van der Waals surface area contributed by atoms with Crippen LogP contribution in [0.25, 0.3) is 0 Å². The third-order valence-electron chi connectivity index (χ3n) is 4.11. The summed E-state index contributed by atoms with van der Waals surface area (Å²) in [7, 11) is 0. The van der Waals surface area contributed by atoms with Gasteiger partial charge in [0.2, 0.25) is 11.8 Å². The van der Waals surface area contributed by atoms with E-state index in [1.165, 1.54) is 17.0 Å². The molecule has 102 valence electrons. The maximum atomic E-state index is 11.6. The third kappa shape index (κ3) is 2.42. The molecule has 0 bridgehead atoms. The summed E-state index contributed by atoms with van der Waals surface area (Å²) >= 11 is 0. The second kappa shape index (κ2) is 5.17. The highest BCUT2D eigenvalue weighted by Gasteiger charge is 2.31. The molecule has 2 fully saturated rings. The summed E-state index contributed by atoms with van der Waals surface area (Å²) in [6, 6.07) is 4.52. The number of carbonyl (C=O) groups excluding carboxylic acids is 2. The molecule has 5 heteroatoms. The van der Waals surface area contributed by atoms with E-state index in [1.54, 1.807) is 0 Å². The Bertz CT molecular complexity index is 453. The molecule has 2 aliphatic rings. The van der Waals surface area contributed by atoms with Gasteiger partial charge < -0.3 is 4.98 Å². The van der Waals surface area contributed by atoms with Crippen LogP contribution in [0.4, 0.5) is 0 Å². The summed E-state index contributed by atoms with van der Waals surface area (Å²) < 4.78 is 0. The summed E-state index contributed by atoms with van der Waals surface area (Å²) in [5.74, 6) is -0.0266. The second-order valence-electron chi connectivity index (χ2n) is 5.26. The zero-order valence-corrected chi connectivity index (χ0v) is 11.0. The maximum absolute atomic E-state index is 11.6. The zero-order chi connectivity index (χ0) is 13.2. The van der Waals surface area contributed by atoms with Crippen molar-refractivity contribution in [3.05, 3.63) is 24.0 Å². The molecule has 5 nitrogen and oxygen atoms in total. The minimum atomic E-state index is -0.0133. The molecule has 1 aromatic heterocycles. The van der Waals surface area contributed by atoms with Gasteiger partial charge in [-0.05, 0) is 31.5 Å². The largest absolute Gasteiger partial charge is 0.364 e. The summed E-state index contributed by atoms with van der Waals surface area (Å²) in [6.07, 6.45) is 5.03. The first-order valence-corrected chi connectivity index (χ1v) is 6.96. The fraction of sp³-hybridized carbons (Fsp3) is 0.571. The van der Waals surface area contributed by atoms with Crippen molar-refractivity contribution in [2.75, 3.05) is 19.6 Å². The maximum Gasteiger partial charge on any atom is 0.229 e. The van der Waals surface area contributed by atoms with Crippen LogP contribution in [0.1, 0.15) is 37.4 Å². The molecule has 2 aliphatic heterocycles. The first kappa shape index (κ1) is 12.4. The van der Waals surface area contributed by atoms with Crippen molar-refractivity contribution in [3.8, 4) is 0 Å². The van der Waals surface area contributed by atoms with E-state index < -0.39 is 0 Å². The average molecular weight is 261 g/mol. The Morgan fingerprint density at radius 2 is 2.00 bits per heavy atom. The standard InChI is InChI=1S/C14H19N3O2/c18-13-5-6-14(19)17(13)10-9-16-8-2-4-12(16)11-3-1-7-15-11/h1,3,7,12,15H,2,4-6,8-10H2. The molecule has 2 saturated heterocycles. The van der Waals surface area contributed by atoms with Crippen LogP contribution in [-0.2, 0) is 9.59 Å². The monoisotopic (exact) mass is 261 g/mol. The van der Waals surface area contributed by atoms with Gasteiger partial charge in [-0.2, -0.15) is 0 Å². The summed E-state index contributed by atoms with van der Waals surface area (Å²) in [5.41, 5.74) is 1.23. The lowest BCUT2D eigenvalue weighted by Gasteiger charge is -2.25. The van der Waals surface area contributed by atoms with Gasteiger partial charge in [0.15, 0.2) is 0 Å². The number of H-pyrrole nitrogens is 1. The molecule has 0 saturated carbocycles. The number of rotatable bonds is 4. The molecule has 0 spiro atoms. The Balaban J connectivity index is 1.60. The molecular formula is C14H19N3O2. The fourth-order valence-electron chi connectivity index (χ4n) is 3.10. The smallest absolute Gasteiger partial charge is 0.229 e. The van der Waals surface area contributed by atoms with Crippen LogP contribution in [0.3, 0.4) is 0 Å². The number of nitrogens with zero attached hydrogens (tertiary/aromatic N) is 2. The average Bonchev–Trinajstić information content (AvgIpc) is 3.09. The highest BCUT2D eigenvalue weighted by Crippen LogP contribution is 2.30. The van der Waals surface area contributed by atoms with E-state index in [2.05, 4.69) is 16.0 Å². The highest BCUT2D eigenvalue weighted by molar-refractivity contribution is 6.01. The van der Waals surface area contributed by atoms with Crippen LogP contribution in [0.15, 0.2) is 18.3 Å². The number of hydrogen-bond acceptors (Lipinski definition) is 3. The predicted octanol–water partition coefficient (Wildman–Crippen LogP) is 1.30. The first-order valence-electron chi connectivity index (χ1n) is 6.96. The lowest BCUT2D eigenvalue weighted by Crippen LogP contribution is -2.37. The van der Waals surface area contributed by atoms with Gasteiger partial charge in [0, 0.05) is 43.9 Å². The van der Waals surface area contributed by atoms with Crippen LogP contribution < -0.4 is 0 Å². The number of amides is 2. The van der Waals surface area contributed by atoms with Crippen LogP contribution >= 0.6 is 0 Å². The Morgan fingerprint density at radius 3 is 2.68 bits per heavy atom. The van der Waals surface area contributed by atoms with Crippen molar-refractivity contribution in [2.45, 2.75) is 31.7 Å². The van der Waals surface area contributed by atoms with Gasteiger partial charge in [-0.15, -0.1) is 0 Å². The Morgan fingerprint density at radius 1 is 1.21 bits per heavy atom. The number of aromatic nitrogens is 1. The van der Waals surface area contributed by atoms with Crippen LogP contribution in [0, 0.1) is 0 Å². The zero-order valence-electron chi connectivity index (χ0n) is 11.0. The fourth-order valence-corrected chi connectivity index (χ4v) is 3.10. The quantitative estimate of drug-likeness (QED) is 0.831. The van der Waals surface area contributed by atoms with Gasteiger partial charge in [0.25, 0.3) is 0 Å². The molecule has 1 aromatic rings. The van der Waals surface area contributed by atoms with Crippen molar-refractivity contribution in [1.29, 1.82) is 0 Å². The molecule has 1 N–H and O–H groups in total.